The van der Waals surface area contributed by atoms with E-state index in [1.165, 1.54) is 0 Å². The zero-order valence-electron chi connectivity index (χ0n) is 7.06. The van der Waals surface area contributed by atoms with Crippen LogP contribution in [0.25, 0.3) is 10.4 Å². The average Bonchev–Trinajstić information content (AvgIpc) is 2.14. The van der Waals surface area contributed by atoms with Gasteiger partial charge in [-0.2, -0.15) is 0 Å². The van der Waals surface area contributed by atoms with Crippen LogP contribution in [0.2, 0.25) is 10.0 Å². The Morgan fingerprint density at radius 2 is 2.00 bits per heavy atom. The van der Waals surface area contributed by atoms with Crippen molar-refractivity contribution < 1.29 is 5.11 Å². The van der Waals surface area contributed by atoms with E-state index in [9.17, 15) is 5.11 Å². The number of benzene rings is 1. The van der Waals surface area contributed by atoms with E-state index in [0.717, 1.165) is 0 Å². The minimum Gasteiger partial charge on any atom is -0.388 e. The van der Waals surface area contributed by atoms with Crippen molar-refractivity contribution in [3.8, 4) is 0 Å². The lowest BCUT2D eigenvalue weighted by Crippen LogP contribution is -2.02. The first kappa shape index (κ1) is 11.1. The molecule has 4 nitrogen and oxygen atoms in total. The topological polar surface area (TPSA) is 69.0 Å². The first-order valence-corrected chi connectivity index (χ1v) is 4.55. The molecule has 1 unspecified atom stereocenters. The van der Waals surface area contributed by atoms with Crippen LogP contribution in [-0.2, 0) is 0 Å². The molecule has 0 aliphatic carbocycles. The highest BCUT2D eigenvalue weighted by atomic mass is 35.5. The van der Waals surface area contributed by atoms with E-state index in [1.807, 2.05) is 0 Å². The third-order valence-corrected chi connectivity index (χ3v) is 2.31. The van der Waals surface area contributed by atoms with E-state index in [2.05, 4.69) is 10.0 Å². The average molecular weight is 232 g/mol. The summed E-state index contributed by atoms with van der Waals surface area (Å²) in [6.45, 7) is -0.0834. The van der Waals surface area contributed by atoms with Crippen LogP contribution in [0.15, 0.2) is 23.3 Å². The SMILES string of the molecule is [N-]=[N+]=NCC(O)c1c(Cl)cccc1Cl. The molecule has 1 N–H and O–H groups in total. The summed E-state index contributed by atoms with van der Waals surface area (Å²) in [5.41, 5.74) is 8.47. The van der Waals surface area contributed by atoms with E-state index >= 15 is 0 Å². The molecule has 0 aliphatic rings. The van der Waals surface area contributed by atoms with E-state index in [0.29, 0.717) is 15.6 Å². The van der Waals surface area contributed by atoms with Gasteiger partial charge in [-0.25, -0.2) is 0 Å². The second-order valence-electron chi connectivity index (χ2n) is 2.56. The number of azide groups is 1. The van der Waals surface area contributed by atoms with Crippen LogP contribution in [0.4, 0.5) is 0 Å². The predicted octanol–water partition coefficient (Wildman–Crippen LogP) is 3.34. The quantitative estimate of drug-likeness (QED) is 0.484. The van der Waals surface area contributed by atoms with E-state index in [4.69, 9.17) is 28.7 Å². The first-order chi connectivity index (χ1) is 6.66. The number of nitrogens with zero attached hydrogens (tertiary/aromatic N) is 3. The molecule has 0 radical (unpaired) electrons. The smallest absolute Gasteiger partial charge is 0.0875 e. The monoisotopic (exact) mass is 231 g/mol. The largest absolute Gasteiger partial charge is 0.388 e. The molecular weight excluding hydrogens is 225 g/mol. The summed E-state index contributed by atoms with van der Waals surface area (Å²) >= 11 is 11.6. The van der Waals surface area contributed by atoms with Crippen LogP contribution in [-0.4, -0.2) is 11.7 Å². The van der Waals surface area contributed by atoms with Crippen LogP contribution in [0.5, 0.6) is 0 Å². The molecule has 0 heterocycles. The molecule has 0 saturated heterocycles. The summed E-state index contributed by atoms with van der Waals surface area (Å²) in [7, 11) is 0. The van der Waals surface area contributed by atoms with Gasteiger partial charge < -0.3 is 5.11 Å². The Morgan fingerprint density at radius 1 is 1.43 bits per heavy atom. The molecule has 0 amide bonds. The fourth-order valence-electron chi connectivity index (χ4n) is 1.03. The highest BCUT2D eigenvalue weighted by molar-refractivity contribution is 6.36. The van der Waals surface area contributed by atoms with E-state index in [1.54, 1.807) is 18.2 Å². The molecule has 6 heteroatoms. The summed E-state index contributed by atoms with van der Waals surface area (Å²) in [6, 6.07) is 4.90. The van der Waals surface area contributed by atoms with Gasteiger partial charge in [0, 0.05) is 20.5 Å². The fraction of sp³-hybridized carbons (Fsp3) is 0.250. The van der Waals surface area contributed by atoms with Crippen LogP contribution >= 0.6 is 23.2 Å². The number of aliphatic hydroxyl groups is 1. The molecule has 0 spiro atoms. The summed E-state index contributed by atoms with van der Waals surface area (Å²) in [4.78, 5) is 2.54. The van der Waals surface area contributed by atoms with Crippen molar-refractivity contribution in [1.29, 1.82) is 0 Å². The minimum atomic E-state index is -0.966. The predicted molar refractivity (Wildman–Crippen MR) is 55.4 cm³/mol. The highest BCUT2D eigenvalue weighted by Gasteiger charge is 2.13. The van der Waals surface area contributed by atoms with Crippen molar-refractivity contribution in [3.63, 3.8) is 0 Å². The second-order valence-corrected chi connectivity index (χ2v) is 3.38. The standard InChI is InChI=1S/C8H7Cl2N3O/c9-5-2-1-3-6(10)8(5)7(14)4-12-13-11/h1-3,7,14H,4H2. The zero-order valence-corrected chi connectivity index (χ0v) is 8.57. The molecule has 0 saturated carbocycles. The molecule has 0 aliphatic heterocycles. The second kappa shape index (κ2) is 5.08. The van der Waals surface area contributed by atoms with Gasteiger partial charge in [0.2, 0.25) is 0 Å². The third-order valence-electron chi connectivity index (χ3n) is 1.65. The molecule has 1 rings (SSSR count). The maximum Gasteiger partial charge on any atom is 0.0875 e. The van der Waals surface area contributed by atoms with Crippen LogP contribution in [0.3, 0.4) is 0 Å². The van der Waals surface area contributed by atoms with E-state index < -0.39 is 6.10 Å². The number of hydrogen-bond donors (Lipinski definition) is 1. The molecule has 0 bridgehead atoms. The zero-order chi connectivity index (χ0) is 10.6. The van der Waals surface area contributed by atoms with Gasteiger partial charge in [-0.3, -0.25) is 0 Å². The summed E-state index contributed by atoms with van der Waals surface area (Å²) in [5, 5.41) is 13.5. The molecule has 0 aromatic heterocycles. The van der Waals surface area contributed by atoms with E-state index in [-0.39, 0.29) is 6.54 Å². The number of halogens is 2. The molecule has 0 fully saturated rings. The van der Waals surface area contributed by atoms with Crippen molar-refractivity contribution in [3.05, 3.63) is 44.3 Å². The summed E-state index contributed by atoms with van der Waals surface area (Å²) in [6.07, 6.45) is -0.966. The van der Waals surface area contributed by atoms with Gasteiger partial charge in [0.15, 0.2) is 0 Å². The van der Waals surface area contributed by atoms with Crippen LogP contribution in [0.1, 0.15) is 11.7 Å². The summed E-state index contributed by atoms with van der Waals surface area (Å²) < 4.78 is 0. The highest BCUT2D eigenvalue weighted by Crippen LogP contribution is 2.30. The van der Waals surface area contributed by atoms with Crippen molar-refractivity contribution in [2.75, 3.05) is 6.54 Å². The minimum absolute atomic E-state index is 0.0834. The number of rotatable bonds is 3. The molecular formula is C8H7Cl2N3O. The number of aliphatic hydroxyl groups excluding tert-OH is 1. The van der Waals surface area contributed by atoms with Gasteiger partial charge in [0.1, 0.15) is 0 Å². The maximum atomic E-state index is 9.58. The Balaban J connectivity index is 2.99. The Bertz CT molecular complexity index is 357. The molecule has 1 aromatic carbocycles. The number of hydrogen-bond acceptors (Lipinski definition) is 2. The maximum absolute atomic E-state index is 9.58. The van der Waals surface area contributed by atoms with Crippen molar-refractivity contribution >= 4 is 23.2 Å². The van der Waals surface area contributed by atoms with Crippen molar-refractivity contribution in [2.45, 2.75) is 6.10 Å². The summed E-state index contributed by atoms with van der Waals surface area (Å²) in [5.74, 6) is 0. The van der Waals surface area contributed by atoms with Crippen molar-refractivity contribution in [1.82, 2.24) is 0 Å². The van der Waals surface area contributed by atoms with Gasteiger partial charge in [0.25, 0.3) is 0 Å². The van der Waals surface area contributed by atoms with Crippen LogP contribution in [0, 0.1) is 0 Å². The first-order valence-electron chi connectivity index (χ1n) is 3.79. The van der Waals surface area contributed by atoms with Gasteiger partial charge in [-0.1, -0.05) is 34.4 Å². The Morgan fingerprint density at radius 3 is 2.50 bits per heavy atom. The lowest BCUT2D eigenvalue weighted by atomic mass is 10.1. The Hall–Kier alpha value is -0.930. The molecule has 14 heavy (non-hydrogen) atoms. The Labute approximate surface area is 90.7 Å². The van der Waals surface area contributed by atoms with Crippen molar-refractivity contribution in [2.24, 2.45) is 5.11 Å². The van der Waals surface area contributed by atoms with Gasteiger partial charge in [-0.05, 0) is 17.7 Å². The Kier molecular flexibility index (Phi) is 4.04. The van der Waals surface area contributed by atoms with Gasteiger partial charge in [0.05, 0.1) is 12.6 Å². The molecule has 1 atom stereocenters. The van der Waals surface area contributed by atoms with Crippen LogP contribution < -0.4 is 0 Å². The molecule has 1 aromatic rings. The van der Waals surface area contributed by atoms with Gasteiger partial charge in [-0.15, -0.1) is 0 Å². The lowest BCUT2D eigenvalue weighted by Gasteiger charge is -2.11. The fourth-order valence-corrected chi connectivity index (χ4v) is 1.68. The molecule has 74 valence electrons. The lowest BCUT2D eigenvalue weighted by molar-refractivity contribution is 0.187. The third kappa shape index (κ3) is 2.53. The van der Waals surface area contributed by atoms with Gasteiger partial charge >= 0.3 is 0 Å². The normalized spacial score (nSPS) is 11.9.